The molecule has 0 saturated carbocycles. The second-order valence-electron chi connectivity index (χ2n) is 7.36. The van der Waals surface area contributed by atoms with Crippen LogP contribution in [0.2, 0.25) is 0 Å². The Bertz CT molecular complexity index is 1060. The quantitative estimate of drug-likeness (QED) is 0.537. The second kappa shape index (κ2) is 9.43. The lowest BCUT2D eigenvalue weighted by Gasteiger charge is -2.32. The van der Waals surface area contributed by atoms with Gasteiger partial charge in [0, 0.05) is 42.9 Å². The fourth-order valence-electron chi connectivity index (χ4n) is 3.46. The number of carbonyl (C=O) groups is 1. The van der Waals surface area contributed by atoms with Gasteiger partial charge in [-0.1, -0.05) is 6.07 Å². The first-order chi connectivity index (χ1) is 15.0. The van der Waals surface area contributed by atoms with Gasteiger partial charge in [-0.2, -0.15) is 0 Å². The van der Waals surface area contributed by atoms with Crippen molar-refractivity contribution in [3.8, 4) is 11.5 Å². The van der Waals surface area contributed by atoms with Gasteiger partial charge in [-0.25, -0.2) is 13.8 Å². The van der Waals surface area contributed by atoms with Crippen LogP contribution in [-0.2, 0) is 6.61 Å². The minimum absolute atomic E-state index is 0.0336. The van der Waals surface area contributed by atoms with Crippen LogP contribution in [0.3, 0.4) is 0 Å². The largest absolute Gasteiger partial charge is 0.487 e. The van der Waals surface area contributed by atoms with Crippen LogP contribution < -0.4 is 9.47 Å². The lowest BCUT2D eigenvalue weighted by atomic mass is 10.1. The molecule has 1 aliphatic rings. The number of hydrogen-bond acceptors (Lipinski definition) is 5. The molecule has 5 nitrogen and oxygen atoms in total. The number of halogens is 2. The summed E-state index contributed by atoms with van der Waals surface area (Å²) in [6.07, 6.45) is 0.921. The fraction of sp³-hybridized carbons (Fsp3) is 0.304. The normalized spacial score (nSPS) is 14.5. The molecule has 162 valence electrons. The van der Waals surface area contributed by atoms with Gasteiger partial charge < -0.3 is 14.4 Å². The Labute approximate surface area is 183 Å². The molecule has 31 heavy (non-hydrogen) atoms. The van der Waals surface area contributed by atoms with Crippen LogP contribution in [0.25, 0.3) is 0 Å². The summed E-state index contributed by atoms with van der Waals surface area (Å²) in [7, 11) is 0. The van der Waals surface area contributed by atoms with Crippen molar-refractivity contribution in [2.24, 2.45) is 0 Å². The van der Waals surface area contributed by atoms with Gasteiger partial charge in [0.05, 0.1) is 10.7 Å². The van der Waals surface area contributed by atoms with Crippen molar-refractivity contribution in [3.05, 3.63) is 75.7 Å². The Morgan fingerprint density at radius 2 is 2.00 bits per heavy atom. The predicted octanol–water partition coefficient (Wildman–Crippen LogP) is 4.99. The van der Waals surface area contributed by atoms with Gasteiger partial charge in [0.1, 0.15) is 24.3 Å². The second-order valence-corrected chi connectivity index (χ2v) is 8.42. The van der Waals surface area contributed by atoms with Crippen molar-refractivity contribution in [1.29, 1.82) is 0 Å². The van der Waals surface area contributed by atoms with E-state index in [0.29, 0.717) is 43.9 Å². The number of likely N-dealkylation sites (tertiary alicyclic amines) is 1. The first-order valence-electron chi connectivity index (χ1n) is 10.0. The molecule has 0 bridgehead atoms. The van der Waals surface area contributed by atoms with Crippen molar-refractivity contribution >= 4 is 17.2 Å². The maximum Gasteiger partial charge on any atom is 0.253 e. The van der Waals surface area contributed by atoms with E-state index in [1.165, 1.54) is 12.1 Å². The zero-order chi connectivity index (χ0) is 21.8. The SMILES string of the molecule is Cc1nc(COc2cccc(C(=O)N3CCC(Oc4ccc(F)cc4F)CC3)c2)cs1. The van der Waals surface area contributed by atoms with E-state index in [9.17, 15) is 13.6 Å². The molecular formula is C23H22F2N2O3S. The summed E-state index contributed by atoms with van der Waals surface area (Å²) in [5, 5.41) is 2.94. The van der Waals surface area contributed by atoms with Crippen LogP contribution >= 0.6 is 11.3 Å². The number of amides is 1. The van der Waals surface area contributed by atoms with Crippen LogP contribution in [-0.4, -0.2) is 35.0 Å². The standard InChI is InChI=1S/C23H22F2N2O3S/c1-15-26-18(14-31-15)13-29-20-4-2-3-16(11-20)23(28)27-9-7-19(8-10-27)30-22-6-5-17(24)12-21(22)25/h2-6,11-12,14,19H,7-10,13H2,1H3. The van der Waals surface area contributed by atoms with Crippen LogP contribution in [0.4, 0.5) is 8.78 Å². The lowest BCUT2D eigenvalue weighted by Crippen LogP contribution is -2.41. The number of nitrogens with zero attached hydrogens (tertiary/aromatic N) is 2. The molecule has 2 heterocycles. The number of ether oxygens (including phenoxy) is 2. The molecule has 3 aromatic rings. The molecule has 0 aliphatic carbocycles. The third-order valence-electron chi connectivity index (χ3n) is 5.05. The van der Waals surface area contributed by atoms with Gasteiger partial charge >= 0.3 is 0 Å². The van der Waals surface area contributed by atoms with E-state index in [2.05, 4.69) is 4.98 Å². The first-order valence-corrected chi connectivity index (χ1v) is 10.9. The molecule has 0 radical (unpaired) electrons. The maximum absolute atomic E-state index is 13.8. The minimum Gasteiger partial charge on any atom is -0.487 e. The highest BCUT2D eigenvalue weighted by atomic mass is 32.1. The summed E-state index contributed by atoms with van der Waals surface area (Å²) >= 11 is 1.57. The van der Waals surface area contributed by atoms with Gasteiger partial charge in [-0.15, -0.1) is 11.3 Å². The topological polar surface area (TPSA) is 51.7 Å². The number of aryl methyl sites for hydroxylation is 1. The van der Waals surface area contributed by atoms with Crippen molar-refractivity contribution in [2.75, 3.05) is 13.1 Å². The highest BCUT2D eigenvalue weighted by molar-refractivity contribution is 7.09. The summed E-state index contributed by atoms with van der Waals surface area (Å²) in [6.45, 7) is 3.29. The number of benzene rings is 2. The highest BCUT2D eigenvalue weighted by Crippen LogP contribution is 2.24. The average Bonchev–Trinajstić information content (AvgIpc) is 3.20. The molecule has 0 unspecified atom stereocenters. The van der Waals surface area contributed by atoms with Gasteiger partial charge in [-0.05, 0) is 37.3 Å². The van der Waals surface area contributed by atoms with Crippen molar-refractivity contribution in [3.63, 3.8) is 0 Å². The Morgan fingerprint density at radius 3 is 2.71 bits per heavy atom. The van der Waals surface area contributed by atoms with E-state index in [0.717, 1.165) is 16.8 Å². The van der Waals surface area contributed by atoms with Crippen molar-refractivity contribution < 1.29 is 23.0 Å². The van der Waals surface area contributed by atoms with E-state index in [4.69, 9.17) is 9.47 Å². The molecule has 0 N–H and O–H groups in total. The van der Waals surface area contributed by atoms with E-state index in [1.54, 1.807) is 34.4 Å². The van der Waals surface area contributed by atoms with Crippen molar-refractivity contribution in [1.82, 2.24) is 9.88 Å². The number of thiazole rings is 1. The molecule has 1 aromatic heterocycles. The van der Waals surface area contributed by atoms with Gasteiger partial charge in [-0.3, -0.25) is 4.79 Å². The number of hydrogen-bond donors (Lipinski definition) is 0. The number of rotatable bonds is 6. The summed E-state index contributed by atoms with van der Waals surface area (Å²) in [4.78, 5) is 19.0. The third-order valence-corrected chi connectivity index (χ3v) is 5.87. The molecular weight excluding hydrogens is 422 g/mol. The van der Waals surface area contributed by atoms with Crippen LogP contribution in [0.5, 0.6) is 11.5 Å². The molecule has 4 rings (SSSR count). The number of carbonyl (C=O) groups excluding carboxylic acids is 1. The Kier molecular flexibility index (Phi) is 6.46. The first kappa shape index (κ1) is 21.2. The summed E-state index contributed by atoms with van der Waals surface area (Å²) in [5.41, 5.74) is 1.41. The number of aromatic nitrogens is 1. The summed E-state index contributed by atoms with van der Waals surface area (Å²) < 4.78 is 38.3. The van der Waals surface area contributed by atoms with Gasteiger partial charge in [0.15, 0.2) is 11.6 Å². The van der Waals surface area contributed by atoms with Crippen LogP contribution in [0.15, 0.2) is 47.8 Å². The van der Waals surface area contributed by atoms with Crippen molar-refractivity contribution in [2.45, 2.75) is 32.5 Å². The molecule has 8 heteroatoms. The fourth-order valence-corrected chi connectivity index (χ4v) is 4.06. The van der Waals surface area contributed by atoms with Gasteiger partial charge in [0.25, 0.3) is 5.91 Å². The Morgan fingerprint density at radius 1 is 1.19 bits per heavy atom. The zero-order valence-electron chi connectivity index (χ0n) is 17.0. The lowest BCUT2D eigenvalue weighted by molar-refractivity contribution is 0.0587. The van der Waals surface area contributed by atoms with E-state index >= 15 is 0 Å². The van der Waals surface area contributed by atoms with Crippen LogP contribution in [0.1, 0.15) is 33.9 Å². The Balaban J connectivity index is 1.32. The van der Waals surface area contributed by atoms with E-state index in [-0.39, 0.29) is 17.8 Å². The van der Waals surface area contributed by atoms with Gasteiger partial charge in [0.2, 0.25) is 0 Å². The molecule has 1 amide bonds. The van der Waals surface area contributed by atoms with E-state index in [1.807, 2.05) is 18.4 Å². The Hall–Kier alpha value is -3.00. The highest BCUT2D eigenvalue weighted by Gasteiger charge is 2.25. The molecule has 0 spiro atoms. The molecule has 2 aromatic carbocycles. The van der Waals surface area contributed by atoms with Crippen LogP contribution in [0, 0.1) is 18.6 Å². The molecule has 0 atom stereocenters. The summed E-state index contributed by atoms with van der Waals surface area (Å²) in [5.74, 6) is -0.796. The molecule has 1 saturated heterocycles. The maximum atomic E-state index is 13.8. The average molecular weight is 445 g/mol. The zero-order valence-corrected chi connectivity index (χ0v) is 17.8. The third kappa shape index (κ3) is 5.38. The predicted molar refractivity (Wildman–Crippen MR) is 114 cm³/mol. The van der Waals surface area contributed by atoms with E-state index < -0.39 is 11.6 Å². The smallest absolute Gasteiger partial charge is 0.253 e. The molecule has 1 aliphatic heterocycles. The molecule has 1 fully saturated rings. The number of piperidine rings is 1. The monoisotopic (exact) mass is 444 g/mol. The minimum atomic E-state index is -0.719. The summed E-state index contributed by atoms with van der Waals surface area (Å²) in [6, 6.07) is 10.4.